The zero-order valence-electron chi connectivity index (χ0n) is 9.46. The number of aliphatic carboxylic acids is 1. The average molecular weight is 277 g/mol. The van der Waals surface area contributed by atoms with Crippen molar-refractivity contribution in [1.82, 2.24) is 15.3 Å². The summed E-state index contributed by atoms with van der Waals surface area (Å²) in [6, 6.07) is -0.0511. The molecule has 3 aliphatic heterocycles. The summed E-state index contributed by atoms with van der Waals surface area (Å²) in [5.74, 6) is 0.832. The molecule has 3 heterocycles. The molecule has 3 unspecified atom stereocenters. The Bertz CT molecular complexity index is 345. The van der Waals surface area contributed by atoms with Gasteiger partial charge in [0, 0.05) is 17.5 Å². The highest BCUT2D eigenvalue weighted by molar-refractivity contribution is 8.18. The minimum atomic E-state index is -0.732. The van der Waals surface area contributed by atoms with Crippen LogP contribution in [0.25, 0.3) is 0 Å². The Morgan fingerprint density at radius 1 is 1.53 bits per heavy atom. The van der Waals surface area contributed by atoms with Crippen LogP contribution in [0.2, 0.25) is 0 Å². The molecule has 0 aromatic heterocycles. The molecule has 3 atom stereocenters. The van der Waals surface area contributed by atoms with Crippen molar-refractivity contribution in [2.45, 2.75) is 16.4 Å². The lowest BCUT2D eigenvalue weighted by Crippen LogP contribution is -2.70. The van der Waals surface area contributed by atoms with Crippen molar-refractivity contribution in [2.24, 2.45) is 0 Å². The van der Waals surface area contributed by atoms with Crippen molar-refractivity contribution in [2.75, 3.05) is 31.8 Å². The fraction of sp³-hybridized carbons (Fsp3) is 0.889. The molecule has 17 heavy (non-hydrogen) atoms. The zero-order valence-corrected chi connectivity index (χ0v) is 11.1. The molecule has 0 aliphatic carbocycles. The van der Waals surface area contributed by atoms with Gasteiger partial charge in [0.25, 0.3) is 0 Å². The van der Waals surface area contributed by atoms with E-state index in [9.17, 15) is 4.79 Å². The maximum atomic E-state index is 11.1. The van der Waals surface area contributed by atoms with E-state index in [1.807, 2.05) is 17.0 Å². The number of likely N-dealkylation sites (N-methyl/N-ethyl adjacent to an activating group) is 1. The summed E-state index contributed by atoms with van der Waals surface area (Å²) in [4.78, 5) is 18.9. The van der Waals surface area contributed by atoms with Crippen LogP contribution < -0.4 is 5.32 Å². The van der Waals surface area contributed by atoms with Crippen LogP contribution in [-0.4, -0.2) is 69.3 Å². The van der Waals surface area contributed by atoms with Crippen LogP contribution in [0.3, 0.4) is 0 Å². The monoisotopic (exact) mass is 277 g/mol. The molecule has 0 saturated carbocycles. The van der Waals surface area contributed by atoms with Gasteiger partial charge in [0.2, 0.25) is 0 Å². The maximum absolute atomic E-state index is 11.1. The molecule has 3 saturated heterocycles. The van der Waals surface area contributed by atoms with Gasteiger partial charge < -0.3 is 10.4 Å². The van der Waals surface area contributed by atoms with Crippen LogP contribution in [0.15, 0.2) is 0 Å². The van der Waals surface area contributed by atoms with Crippen molar-refractivity contribution < 1.29 is 14.7 Å². The van der Waals surface area contributed by atoms with Crippen LogP contribution in [0.1, 0.15) is 0 Å². The van der Waals surface area contributed by atoms with Crippen LogP contribution in [-0.2, 0) is 9.63 Å². The Morgan fingerprint density at radius 3 is 3.00 bits per heavy atom. The Morgan fingerprint density at radius 2 is 2.29 bits per heavy atom. The summed E-state index contributed by atoms with van der Waals surface area (Å²) in [5, 5.41) is 14.3. The van der Waals surface area contributed by atoms with E-state index in [2.05, 4.69) is 5.32 Å². The lowest BCUT2D eigenvalue weighted by molar-refractivity contribution is -0.296. The predicted octanol–water partition coefficient (Wildman–Crippen LogP) is -0.361. The molecule has 0 aromatic carbocycles. The van der Waals surface area contributed by atoms with Gasteiger partial charge in [-0.25, -0.2) is 4.90 Å². The normalized spacial score (nSPS) is 42.4. The summed E-state index contributed by atoms with van der Waals surface area (Å²) in [5.41, 5.74) is 0. The first kappa shape index (κ1) is 12.1. The lowest BCUT2D eigenvalue weighted by Gasteiger charge is -2.54. The molecular weight excluding hydrogens is 262 g/mol. The summed E-state index contributed by atoms with van der Waals surface area (Å²) in [6.45, 7) is 1.24. The van der Waals surface area contributed by atoms with Gasteiger partial charge in [0.15, 0.2) is 4.33 Å². The van der Waals surface area contributed by atoms with E-state index in [1.165, 1.54) is 0 Å². The molecule has 3 rings (SSSR count). The SMILES string of the molecule is CNC1CON2CN3C(C(=O)O)CSC23SC1. The van der Waals surface area contributed by atoms with Crippen molar-refractivity contribution in [1.29, 1.82) is 0 Å². The van der Waals surface area contributed by atoms with Gasteiger partial charge in [-0.05, 0) is 7.05 Å². The molecule has 0 bridgehead atoms. The van der Waals surface area contributed by atoms with E-state index < -0.39 is 5.97 Å². The number of hydroxylamine groups is 2. The van der Waals surface area contributed by atoms with Gasteiger partial charge in [-0.1, -0.05) is 0 Å². The molecule has 96 valence electrons. The number of carboxylic acid groups (broad SMARTS) is 1. The third-order valence-corrected chi connectivity index (χ3v) is 6.75. The fourth-order valence-electron chi connectivity index (χ4n) is 2.24. The number of thioether (sulfide) groups is 2. The second kappa shape index (κ2) is 4.29. The van der Waals surface area contributed by atoms with E-state index in [1.54, 1.807) is 23.5 Å². The fourth-order valence-corrected chi connectivity index (χ4v) is 5.57. The zero-order chi connectivity index (χ0) is 12.0. The second-order valence-electron chi connectivity index (χ2n) is 4.30. The molecule has 6 nitrogen and oxygen atoms in total. The molecule has 0 aromatic rings. The standard InChI is InChI=1S/C9H15N3O3S2/c1-10-6-2-15-12-5-11-7(8(13)14)4-17-9(11,12)16-3-6/h6-7,10H,2-5H2,1H3,(H,13,14). The quantitative estimate of drug-likeness (QED) is 0.709. The topological polar surface area (TPSA) is 65.0 Å². The van der Waals surface area contributed by atoms with Crippen LogP contribution >= 0.6 is 23.5 Å². The van der Waals surface area contributed by atoms with Crippen molar-refractivity contribution >= 4 is 29.5 Å². The molecule has 1 spiro atoms. The largest absolute Gasteiger partial charge is 0.480 e. The van der Waals surface area contributed by atoms with Crippen LogP contribution in [0.4, 0.5) is 0 Å². The maximum Gasteiger partial charge on any atom is 0.321 e. The van der Waals surface area contributed by atoms with Gasteiger partial charge in [0.1, 0.15) is 6.04 Å². The molecular formula is C9H15N3O3S2. The van der Waals surface area contributed by atoms with Gasteiger partial charge >= 0.3 is 5.97 Å². The van der Waals surface area contributed by atoms with E-state index in [0.29, 0.717) is 25.1 Å². The second-order valence-corrected chi connectivity index (χ2v) is 6.94. The van der Waals surface area contributed by atoms with Crippen LogP contribution in [0.5, 0.6) is 0 Å². The molecule has 0 amide bonds. The third kappa shape index (κ3) is 1.70. The van der Waals surface area contributed by atoms with Crippen LogP contribution in [0, 0.1) is 0 Å². The summed E-state index contributed by atoms with van der Waals surface area (Å²) in [7, 11) is 1.93. The first-order valence-electron chi connectivity index (χ1n) is 5.52. The first-order valence-corrected chi connectivity index (χ1v) is 7.50. The number of nitrogens with one attached hydrogen (secondary N) is 1. The lowest BCUT2D eigenvalue weighted by atomic mass is 10.3. The Kier molecular flexibility index (Phi) is 3.04. The number of carboxylic acids is 1. The van der Waals surface area contributed by atoms with E-state index in [-0.39, 0.29) is 10.4 Å². The Labute approximate surface area is 108 Å². The number of hydrogen-bond donors (Lipinski definition) is 2. The van der Waals surface area contributed by atoms with Crippen molar-refractivity contribution in [3.05, 3.63) is 0 Å². The summed E-state index contributed by atoms with van der Waals surface area (Å²) >= 11 is 3.44. The average Bonchev–Trinajstić information content (AvgIpc) is 2.48. The highest BCUT2D eigenvalue weighted by Gasteiger charge is 2.63. The minimum Gasteiger partial charge on any atom is -0.480 e. The van der Waals surface area contributed by atoms with Gasteiger partial charge in [-0.15, -0.1) is 28.6 Å². The summed E-state index contributed by atoms with van der Waals surface area (Å²) in [6.07, 6.45) is 0. The Balaban J connectivity index is 1.76. The third-order valence-electron chi connectivity index (χ3n) is 3.36. The number of hydrogen-bond acceptors (Lipinski definition) is 7. The summed E-state index contributed by atoms with van der Waals surface area (Å²) < 4.78 is -0.297. The molecule has 2 N–H and O–H groups in total. The number of nitrogens with zero attached hydrogens (tertiary/aromatic N) is 2. The Hall–Kier alpha value is 0.01000. The molecule has 8 heteroatoms. The van der Waals surface area contributed by atoms with Gasteiger partial charge in [-0.3, -0.25) is 9.63 Å². The van der Waals surface area contributed by atoms with E-state index >= 15 is 0 Å². The smallest absolute Gasteiger partial charge is 0.321 e. The van der Waals surface area contributed by atoms with Crippen molar-refractivity contribution in [3.8, 4) is 0 Å². The van der Waals surface area contributed by atoms with E-state index in [4.69, 9.17) is 9.94 Å². The molecule has 3 fully saturated rings. The van der Waals surface area contributed by atoms with Gasteiger partial charge in [0.05, 0.1) is 13.3 Å². The first-order chi connectivity index (χ1) is 8.17. The molecule has 3 aliphatic rings. The minimum absolute atomic E-state index is 0.297. The van der Waals surface area contributed by atoms with E-state index in [0.717, 1.165) is 5.75 Å². The number of rotatable bonds is 2. The highest BCUT2D eigenvalue weighted by atomic mass is 32.2. The van der Waals surface area contributed by atoms with Gasteiger partial charge in [-0.2, -0.15) is 0 Å². The predicted molar refractivity (Wildman–Crippen MR) is 66.4 cm³/mol. The highest BCUT2D eigenvalue weighted by Crippen LogP contribution is 2.56. The molecule has 0 radical (unpaired) electrons. The number of carbonyl (C=O) groups is 1. The van der Waals surface area contributed by atoms with Crippen molar-refractivity contribution in [3.63, 3.8) is 0 Å².